The zero-order valence-corrected chi connectivity index (χ0v) is 8.20. The fraction of sp³-hybridized carbons (Fsp3) is 0.700. The Morgan fingerprint density at radius 1 is 1.09 bits per heavy atom. The second kappa shape index (κ2) is 9.83. The van der Waals surface area contributed by atoms with Crippen LogP contribution in [0, 0.1) is 0 Å². The Morgan fingerprint density at radius 3 is 2.45 bits per heavy atom. The maximum Gasteiger partial charge on any atom is 0.00103 e. The summed E-state index contributed by atoms with van der Waals surface area (Å²) in [6.07, 6.45) is 12.1. The summed E-state index contributed by atoms with van der Waals surface area (Å²) in [6, 6.07) is 0. The maximum absolute atomic E-state index is 4.66. The van der Waals surface area contributed by atoms with E-state index in [-0.39, 0.29) is 0 Å². The first-order valence-corrected chi connectivity index (χ1v) is 4.99. The molecular weight excluding hydrogens is 152 g/mol. The molecule has 0 amide bonds. The molecule has 64 valence electrons. The second-order valence-corrected chi connectivity index (χ2v) is 3.04. The molecule has 0 aliphatic carbocycles. The van der Waals surface area contributed by atoms with Crippen LogP contribution in [-0.4, -0.2) is 5.37 Å². The lowest BCUT2D eigenvalue weighted by Gasteiger charge is -1.95. The van der Waals surface area contributed by atoms with Crippen LogP contribution in [0.3, 0.4) is 0 Å². The second-order valence-electron chi connectivity index (χ2n) is 2.77. The van der Waals surface area contributed by atoms with E-state index in [4.69, 9.17) is 0 Å². The van der Waals surface area contributed by atoms with E-state index in [0.717, 1.165) is 0 Å². The highest BCUT2D eigenvalue weighted by atomic mass is 32.1. The molecule has 11 heavy (non-hydrogen) atoms. The van der Waals surface area contributed by atoms with E-state index < -0.39 is 0 Å². The summed E-state index contributed by atoms with van der Waals surface area (Å²) in [5.41, 5.74) is 0. The monoisotopic (exact) mass is 170 g/mol. The number of thiocarbonyl (C=S) groups is 1. The summed E-state index contributed by atoms with van der Waals surface area (Å²) in [5, 5.41) is 1.67. The summed E-state index contributed by atoms with van der Waals surface area (Å²) in [6.45, 7) is 2.24. The lowest BCUT2D eigenvalue weighted by Crippen LogP contribution is -1.75. The summed E-state index contributed by atoms with van der Waals surface area (Å²) >= 11 is 4.66. The lowest BCUT2D eigenvalue weighted by molar-refractivity contribution is 0.637. The Balaban J connectivity index is 2.90. The van der Waals surface area contributed by atoms with Gasteiger partial charge in [-0.1, -0.05) is 57.0 Å². The molecule has 0 aliphatic rings. The first-order valence-electron chi connectivity index (χ1n) is 4.52. The number of hydrogen-bond acceptors (Lipinski definition) is 1. The largest absolute Gasteiger partial charge is 0.0887 e. The van der Waals surface area contributed by atoms with Crippen molar-refractivity contribution >= 4 is 17.6 Å². The molecule has 1 heteroatoms. The van der Waals surface area contributed by atoms with E-state index in [1.807, 2.05) is 6.08 Å². The highest BCUT2D eigenvalue weighted by Crippen LogP contribution is 2.04. The zero-order chi connectivity index (χ0) is 8.36. The van der Waals surface area contributed by atoms with Gasteiger partial charge in [0, 0.05) is 5.37 Å². The van der Waals surface area contributed by atoms with E-state index >= 15 is 0 Å². The Morgan fingerprint density at radius 2 is 1.82 bits per heavy atom. The summed E-state index contributed by atoms with van der Waals surface area (Å²) < 4.78 is 0. The maximum atomic E-state index is 4.66. The molecular formula is C10H18S. The van der Waals surface area contributed by atoms with Gasteiger partial charge in [-0.15, -0.1) is 0 Å². The van der Waals surface area contributed by atoms with Gasteiger partial charge >= 0.3 is 0 Å². The SMILES string of the molecule is CCCCCCCC=CC=S. The van der Waals surface area contributed by atoms with Gasteiger partial charge in [-0.25, -0.2) is 0 Å². The molecule has 0 spiro atoms. The average Bonchev–Trinajstić information content (AvgIpc) is 2.03. The molecule has 0 saturated carbocycles. The molecule has 0 aromatic heterocycles. The van der Waals surface area contributed by atoms with Crippen molar-refractivity contribution in [2.24, 2.45) is 0 Å². The molecule has 0 fully saturated rings. The predicted octanol–water partition coefficient (Wildman–Crippen LogP) is 3.90. The molecule has 0 N–H and O–H groups in total. The van der Waals surface area contributed by atoms with E-state index in [1.165, 1.54) is 38.5 Å². The van der Waals surface area contributed by atoms with E-state index in [1.54, 1.807) is 5.37 Å². The Labute approximate surface area is 75.7 Å². The smallest absolute Gasteiger partial charge is 0.00103 e. The van der Waals surface area contributed by atoms with Crippen LogP contribution in [0.25, 0.3) is 0 Å². The van der Waals surface area contributed by atoms with Gasteiger partial charge in [0.15, 0.2) is 0 Å². The molecule has 0 heterocycles. The third-order valence-electron chi connectivity index (χ3n) is 1.69. The number of allylic oxidation sites excluding steroid dienone is 2. The molecule has 0 bridgehead atoms. The molecule has 0 unspecified atom stereocenters. The van der Waals surface area contributed by atoms with Gasteiger partial charge < -0.3 is 0 Å². The van der Waals surface area contributed by atoms with Crippen molar-refractivity contribution in [1.29, 1.82) is 0 Å². The van der Waals surface area contributed by atoms with Crippen molar-refractivity contribution in [3.63, 3.8) is 0 Å². The highest BCUT2D eigenvalue weighted by Gasteiger charge is 1.85. The quantitative estimate of drug-likeness (QED) is 0.317. The van der Waals surface area contributed by atoms with Gasteiger partial charge in [0.25, 0.3) is 0 Å². The van der Waals surface area contributed by atoms with Crippen LogP contribution in [0.15, 0.2) is 12.2 Å². The number of rotatable bonds is 7. The Hall–Kier alpha value is -0.170. The fourth-order valence-electron chi connectivity index (χ4n) is 1.02. The van der Waals surface area contributed by atoms with Crippen molar-refractivity contribution in [1.82, 2.24) is 0 Å². The summed E-state index contributed by atoms with van der Waals surface area (Å²) in [5.74, 6) is 0. The zero-order valence-electron chi connectivity index (χ0n) is 7.38. The molecule has 0 rings (SSSR count). The minimum Gasteiger partial charge on any atom is -0.0887 e. The summed E-state index contributed by atoms with van der Waals surface area (Å²) in [4.78, 5) is 0. The van der Waals surface area contributed by atoms with Crippen LogP contribution in [0.2, 0.25) is 0 Å². The van der Waals surface area contributed by atoms with Crippen LogP contribution in [0.1, 0.15) is 45.4 Å². The van der Waals surface area contributed by atoms with E-state index in [9.17, 15) is 0 Å². The standard InChI is InChI=1S/C10H18S/c1-2-3-4-5-6-7-8-9-10-11/h8-10H,2-7H2,1H3. The van der Waals surface area contributed by atoms with Gasteiger partial charge in [-0.05, 0) is 12.8 Å². The molecule has 0 aromatic carbocycles. The first-order chi connectivity index (χ1) is 5.41. The lowest BCUT2D eigenvalue weighted by atomic mass is 10.1. The van der Waals surface area contributed by atoms with Crippen molar-refractivity contribution in [2.45, 2.75) is 45.4 Å². The molecule has 0 aliphatic heterocycles. The van der Waals surface area contributed by atoms with E-state index in [2.05, 4.69) is 25.2 Å². The fourth-order valence-corrected chi connectivity index (χ4v) is 1.13. The van der Waals surface area contributed by atoms with Crippen molar-refractivity contribution in [2.75, 3.05) is 0 Å². The molecule has 0 atom stereocenters. The van der Waals surface area contributed by atoms with Gasteiger partial charge in [0.1, 0.15) is 0 Å². The molecule has 0 saturated heterocycles. The molecule has 0 nitrogen and oxygen atoms in total. The topological polar surface area (TPSA) is 0 Å². The minimum absolute atomic E-state index is 1.19. The third kappa shape index (κ3) is 9.83. The van der Waals surface area contributed by atoms with Gasteiger partial charge in [-0.3, -0.25) is 0 Å². The van der Waals surface area contributed by atoms with Gasteiger partial charge in [0.05, 0.1) is 0 Å². The van der Waals surface area contributed by atoms with Crippen molar-refractivity contribution in [3.05, 3.63) is 12.2 Å². The highest BCUT2D eigenvalue weighted by molar-refractivity contribution is 7.79. The Kier molecular flexibility index (Phi) is 9.68. The molecule has 0 radical (unpaired) electrons. The normalized spacial score (nSPS) is 10.6. The van der Waals surface area contributed by atoms with Crippen LogP contribution < -0.4 is 0 Å². The molecule has 0 aromatic rings. The Bertz CT molecular complexity index is 105. The van der Waals surface area contributed by atoms with Gasteiger partial charge in [0.2, 0.25) is 0 Å². The number of hydrogen-bond donors (Lipinski definition) is 0. The van der Waals surface area contributed by atoms with Crippen LogP contribution >= 0.6 is 12.2 Å². The van der Waals surface area contributed by atoms with E-state index in [0.29, 0.717) is 0 Å². The van der Waals surface area contributed by atoms with Crippen LogP contribution in [0.4, 0.5) is 0 Å². The number of unbranched alkanes of at least 4 members (excludes halogenated alkanes) is 5. The summed E-state index contributed by atoms with van der Waals surface area (Å²) in [7, 11) is 0. The van der Waals surface area contributed by atoms with Crippen molar-refractivity contribution < 1.29 is 0 Å². The van der Waals surface area contributed by atoms with Crippen LogP contribution in [-0.2, 0) is 0 Å². The van der Waals surface area contributed by atoms with Gasteiger partial charge in [-0.2, -0.15) is 0 Å². The van der Waals surface area contributed by atoms with Crippen LogP contribution in [0.5, 0.6) is 0 Å². The first kappa shape index (κ1) is 10.8. The predicted molar refractivity (Wildman–Crippen MR) is 56.2 cm³/mol. The minimum atomic E-state index is 1.19. The van der Waals surface area contributed by atoms with Crippen molar-refractivity contribution in [3.8, 4) is 0 Å². The third-order valence-corrected chi connectivity index (χ3v) is 1.85. The average molecular weight is 170 g/mol.